The van der Waals surface area contributed by atoms with E-state index in [1.165, 1.54) is 95.2 Å². The van der Waals surface area contributed by atoms with Gasteiger partial charge in [0.1, 0.15) is 0 Å². The Kier molecular flexibility index (Phi) is 31.4. The summed E-state index contributed by atoms with van der Waals surface area (Å²) >= 11 is 3.44. The van der Waals surface area contributed by atoms with Crippen molar-refractivity contribution in [2.75, 3.05) is 11.9 Å². The lowest BCUT2D eigenvalue weighted by molar-refractivity contribution is -0.128. The van der Waals surface area contributed by atoms with Gasteiger partial charge in [0.2, 0.25) is 0 Å². The molecule has 0 rings (SSSR count). The molecular weight excluding hydrogens is 375 g/mol. The highest BCUT2D eigenvalue weighted by Gasteiger charge is 1.92. The molecular formula is C21H42BBrO2. The van der Waals surface area contributed by atoms with Crippen LogP contribution >= 0.6 is 15.9 Å². The molecule has 0 saturated carbocycles. The summed E-state index contributed by atoms with van der Waals surface area (Å²) in [6, 6.07) is 0. The molecule has 0 aromatic heterocycles. The molecule has 0 aliphatic carbocycles. The van der Waals surface area contributed by atoms with E-state index in [1.807, 2.05) is 0 Å². The molecule has 0 unspecified atom stereocenters. The van der Waals surface area contributed by atoms with Crippen molar-refractivity contribution in [3.8, 4) is 0 Å². The third-order valence-electron chi connectivity index (χ3n) is 4.27. The maximum atomic E-state index is 9.81. The maximum absolute atomic E-state index is 9.81. The van der Waals surface area contributed by atoms with Crippen LogP contribution in [0.4, 0.5) is 0 Å². The monoisotopic (exact) mass is 416 g/mol. The highest BCUT2D eigenvalue weighted by atomic mass is 79.9. The number of hydrogen-bond acceptors (Lipinski definition) is 2. The van der Waals surface area contributed by atoms with Gasteiger partial charge < -0.3 is 4.74 Å². The molecule has 0 spiro atoms. The molecule has 0 aromatic carbocycles. The largest absolute Gasteiger partial charge is 0.468 e. The van der Waals surface area contributed by atoms with E-state index in [2.05, 4.69) is 27.6 Å². The van der Waals surface area contributed by atoms with Crippen LogP contribution in [0.25, 0.3) is 0 Å². The lowest BCUT2D eigenvalue weighted by atomic mass is 9.98. The lowest BCUT2D eigenvalue weighted by Crippen LogP contribution is -1.91. The van der Waals surface area contributed by atoms with Crippen molar-refractivity contribution in [2.24, 2.45) is 0 Å². The SMILES string of the molecule is CCCCCCCCCCBr.[B]CCCCCCCCCCOC=O. The lowest BCUT2D eigenvalue weighted by Gasteiger charge is -2.01. The van der Waals surface area contributed by atoms with Crippen LogP contribution in [0.2, 0.25) is 6.32 Å². The van der Waals surface area contributed by atoms with Crippen molar-refractivity contribution in [1.82, 2.24) is 0 Å². The Morgan fingerprint density at radius 2 is 1.16 bits per heavy atom. The van der Waals surface area contributed by atoms with Gasteiger partial charge in [-0.1, -0.05) is 119 Å². The van der Waals surface area contributed by atoms with E-state index in [-0.39, 0.29) is 0 Å². The fraction of sp³-hybridized carbons (Fsp3) is 0.952. The van der Waals surface area contributed by atoms with Crippen LogP contribution < -0.4 is 0 Å². The summed E-state index contributed by atoms with van der Waals surface area (Å²) in [6.45, 7) is 3.37. The Balaban J connectivity index is 0. The Labute approximate surface area is 167 Å². The van der Waals surface area contributed by atoms with E-state index in [0.717, 1.165) is 19.2 Å². The summed E-state index contributed by atoms with van der Waals surface area (Å²) in [4.78, 5) is 9.81. The summed E-state index contributed by atoms with van der Waals surface area (Å²) in [5, 5.41) is 1.18. The zero-order chi connectivity index (χ0) is 18.8. The fourth-order valence-corrected chi connectivity index (χ4v) is 3.06. The molecule has 0 fully saturated rings. The van der Waals surface area contributed by atoms with Gasteiger partial charge in [0.05, 0.1) is 14.5 Å². The standard InChI is InChI=1S/C11H21BO2.C10H21Br/c12-9-7-5-3-1-2-4-6-8-10-14-11-13;1-2-3-4-5-6-7-8-9-10-11/h11H,1-10H2;2-10H2,1H3. The van der Waals surface area contributed by atoms with Crippen molar-refractivity contribution in [2.45, 2.75) is 116 Å². The normalized spacial score (nSPS) is 10.2. The van der Waals surface area contributed by atoms with Gasteiger partial charge >= 0.3 is 0 Å². The van der Waals surface area contributed by atoms with Gasteiger partial charge in [-0.15, -0.1) is 0 Å². The molecule has 0 saturated heterocycles. The molecule has 0 aliphatic heterocycles. The minimum atomic E-state index is 0.521. The van der Waals surface area contributed by atoms with Crippen LogP contribution in [-0.4, -0.2) is 26.3 Å². The van der Waals surface area contributed by atoms with Crippen LogP contribution in [0.3, 0.4) is 0 Å². The van der Waals surface area contributed by atoms with E-state index in [0.29, 0.717) is 13.1 Å². The zero-order valence-corrected chi connectivity index (χ0v) is 18.4. The zero-order valence-electron chi connectivity index (χ0n) is 16.8. The van der Waals surface area contributed by atoms with Gasteiger partial charge in [-0.2, -0.15) is 0 Å². The maximum Gasteiger partial charge on any atom is 0.293 e. The van der Waals surface area contributed by atoms with Crippen molar-refractivity contribution in [1.29, 1.82) is 0 Å². The molecule has 0 bridgehead atoms. The molecule has 0 aliphatic rings. The first-order valence-electron chi connectivity index (χ1n) is 10.6. The van der Waals surface area contributed by atoms with E-state index in [1.54, 1.807) is 0 Å². The van der Waals surface area contributed by atoms with Crippen LogP contribution in [-0.2, 0) is 9.53 Å². The summed E-state index contributed by atoms with van der Waals surface area (Å²) in [5.41, 5.74) is 0. The van der Waals surface area contributed by atoms with Gasteiger partial charge in [0.15, 0.2) is 0 Å². The Morgan fingerprint density at radius 1 is 0.720 bits per heavy atom. The summed E-state index contributed by atoms with van der Waals surface area (Å²) in [6.07, 6.45) is 22.0. The Bertz CT molecular complexity index is 220. The average Bonchev–Trinajstić information content (AvgIpc) is 2.63. The highest BCUT2D eigenvalue weighted by Crippen LogP contribution is 2.09. The van der Waals surface area contributed by atoms with E-state index in [4.69, 9.17) is 7.85 Å². The Hall–Kier alpha value is 0.0149. The average molecular weight is 417 g/mol. The minimum Gasteiger partial charge on any atom is -0.468 e. The number of carbonyl (C=O) groups excluding carboxylic acids is 1. The second-order valence-corrected chi connectivity index (χ2v) is 7.54. The molecule has 2 radical (unpaired) electrons. The number of unbranched alkanes of at least 4 members (excludes halogenated alkanes) is 14. The topological polar surface area (TPSA) is 26.3 Å². The predicted molar refractivity (Wildman–Crippen MR) is 116 cm³/mol. The highest BCUT2D eigenvalue weighted by molar-refractivity contribution is 9.09. The van der Waals surface area contributed by atoms with Crippen molar-refractivity contribution in [3.63, 3.8) is 0 Å². The molecule has 0 atom stereocenters. The van der Waals surface area contributed by atoms with Crippen LogP contribution in [0, 0.1) is 0 Å². The third-order valence-corrected chi connectivity index (χ3v) is 4.83. The number of hydrogen-bond donors (Lipinski definition) is 0. The molecule has 25 heavy (non-hydrogen) atoms. The quantitative estimate of drug-likeness (QED) is 0.0948. The third kappa shape index (κ3) is 32.2. The van der Waals surface area contributed by atoms with Gasteiger partial charge in [0.25, 0.3) is 6.47 Å². The first kappa shape index (κ1) is 27.2. The smallest absolute Gasteiger partial charge is 0.293 e. The molecule has 0 heterocycles. The van der Waals surface area contributed by atoms with Gasteiger partial charge in [-0.05, 0) is 12.8 Å². The fourth-order valence-electron chi connectivity index (χ4n) is 2.67. The first-order valence-corrected chi connectivity index (χ1v) is 11.8. The van der Waals surface area contributed by atoms with E-state index < -0.39 is 0 Å². The van der Waals surface area contributed by atoms with Crippen LogP contribution in [0.15, 0.2) is 0 Å². The number of halogens is 1. The number of carbonyl (C=O) groups is 1. The van der Waals surface area contributed by atoms with Gasteiger partial charge in [-0.25, -0.2) is 0 Å². The number of alkyl halides is 1. The van der Waals surface area contributed by atoms with Gasteiger partial charge in [0, 0.05) is 5.33 Å². The predicted octanol–water partition coefficient (Wildman–Crippen LogP) is 7.39. The second-order valence-electron chi connectivity index (χ2n) is 6.75. The van der Waals surface area contributed by atoms with Crippen molar-refractivity contribution < 1.29 is 9.53 Å². The number of ether oxygens (including phenoxy) is 1. The first-order chi connectivity index (χ1) is 12.3. The summed E-state index contributed by atoms with van der Waals surface area (Å²) in [7, 11) is 5.40. The minimum absolute atomic E-state index is 0.521. The van der Waals surface area contributed by atoms with Crippen molar-refractivity contribution >= 4 is 30.2 Å². The summed E-state index contributed by atoms with van der Waals surface area (Å²) in [5.74, 6) is 0. The molecule has 0 N–H and O–H groups in total. The van der Waals surface area contributed by atoms with Crippen LogP contribution in [0.1, 0.15) is 110 Å². The second kappa shape index (κ2) is 28.8. The van der Waals surface area contributed by atoms with Gasteiger partial charge in [-0.3, -0.25) is 4.79 Å². The van der Waals surface area contributed by atoms with Crippen LogP contribution in [0.5, 0.6) is 0 Å². The molecule has 0 aromatic rings. The molecule has 148 valence electrons. The van der Waals surface area contributed by atoms with E-state index >= 15 is 0 Å². The Morgan fingerprint density at radius 3 is 1.60 bits per heavy atom. The molecule has 4 heteroatoms. The van der Waals surface area contributed by atoms with Crippen molar-refractivity contribution in [3.05, 3.63) is 0 Å². The molecule has 2 nitrogen and oxygen atoms in total. The molecule has 0 amide bonds. The number of rotatable bonds is 19. The summed E-state index contributed by atoms with van der Waals surface area (Å²) < 4.78 is 4.60. The van der Waals surface area contributed by atoms with E-state index in [9.17, 15) is 4.79 Å².